The first kappa shape index (κ1) is 12.5. The van der Waals surface area contributed by atoms with Gasteiger partial charge in [0.1, 0.15) is 0 Å². The fourth-order valence-electron chi connectivity index (χ4n) is 1.51. The number of rotatable bonds is 2. The van der Waals surface area contributed by atoms with Gasteiger partial charge in [-0.1, -0.05) is 11.3 Å². The number of fused-ring (bicyclic) bond motifs is 1. The van der Waals surface area contributed by atoms with Gasteiger partial charge in [-0.25, -0.2) is 4.79 Å². The SMILES string of the molecule is CC(C)=NN=c1sc2cc(C(=O)O)ccc2n1C. The normalized spacial score (nSPS) is 11.8. The second-order valence-corrected chi connectivity index (χ2v) is 5.09. The monoisotopic (exact) mass is 263 g/mol. The van der Waals surface area contributed by atoms with Gasteiger partial charge >= 0.3 is 5.97 Å². The Balaban J connectivity index is 2.66. The largest absolute Gasteiger partial charge is 0.478 e. The minimum absolute atomic E-state index is 0.283. The number of aromatic carboxylic acids is 1. The molecule has 0 saturated carbocycles. The van der Waals surface area contributed by atoms with Crippen molar-refractivity contribution in [3.8, 4) is 0 Å². The van der Waals surface area contributed by atoms with E-state index in [1.807, 2.05) is 25.5 Å². The Morgan fingerprint density at radius 2 is 2.11 bits per heavy atom. The minimum Gasteiger partial charge on any atom is -0.478 e. The van der Waals surface area contributed by atoms with Crippen molar-refractivity contribution < 1.29 is 9.90 Å². The fraction of sp³-hybridized carbons (Fsp3) is 0.250. The van der Waals surface area contributed by atoms with Crippen LogP contribution in [0.15, 0.2) is 28.4 Å². The van der Waals surface area contributed by atoms with Crippen molar-refractivity contribution in [1.29, 1.82) is 0 Å². The lowest BCUT2D eigenvalue weighted by atomic mass is 10.2. The van der Waals surface area contributed by atoms with E-state index in [4.69, 9.17) is 5.11 Å². The molecule has 0 aliphatic heterocycles. The molecule has 0 atom stereocenters. The van der Waals surface area contributed by atoms with Crippen LogP contribution in [0.5, 0.6) is 0 Å². The quantitative estimate of drug-likeness (QED) is 0.667. The average molecular weight is 263 g/mol. The molecular weight excluding hydrogens is 250 g/mol. The summed E-state index contributed by atoms with van der Waals surface area (Å²) < 4.78 is 2.79. The number of nitrogens with zero attached hydrogens (tertiary/aromatic N) is 3. The van der Waals surface area contributed by atoms with Crippen LogP contribution in [0.4, 0.5) is 0 Å². The number of aromatic nitrogens is 1. The Bertz CT molecular complexity index is 706. The van der Waals surface area contributed by atoms with Crippen molar-refractivity contribution >= 4 is 33.2 Å². The molecule has 0 bridgehead atoms. The van der Waals surface area contributed by atoms with Crippen LogP contribution in [0.1, 0.15) is 24.2 Å². The molecule has 1 heterocycles. The first-order valence-electron chi connectivity index (χ1n) is 5.37. The molecule has 5 nitrogen and oxygen atoms in total. The zero-order valence-electron chi connectivity index (χ0n) is 10.3. The number of aryl methyl sites for hydroxylation is 1. The summed E-state index contributed by atoms with van der Waals surface area (Å²) in [4.78, 5) is 11.6. The molecule has 0 aliphatic rings. The molecular formula is C12H13N3O2S. The van der Waals surface area contributed by atoms with Gasteiger partial charge in [-0.15, -0.1) is 5.10 Å². The highest BCUT2D eigenvalue weighted by molar-refractivity contribution is 7.16. The second kappa shape index (κ2) is 4.73. The summed E-state index contributed by atoms with van der Waals surface area (Å²) in [5.74, 6) is -0.922. The summed E-state index contributed by atoms with van der Waals surface area (Å²) in [5.41, 5.74) is 2.11. The third-order valence-electron chi connectivity index (χ3n) is 2.39. The van der Waals surface area contributed by atoms with Crippen molar-refractivity contribution in [2.45, 2.75) is 13.8 Å². The second-order valence-electron chi connectivity index (χ2n) is 4.08. The lowest BCUT2D eigenvalue weighted by Gasteiger charge is -1.96. The van der Waals surface area contributed by atoms with Crippen LogP contribution in [-0.4, -0.2) is 21.4 Å². The maximum atomic E-state index is 10.9. The van der Waals surface area contributed by atoms with Crippen LogP contribution >= 0.6 is 11.3 Å². The molecule has 94 valence electrons. The van der Waals surface area contributed by atoms with Gasteiger partial charge in [-0.2, -0.15) is 5.10 Å². The van der Waals surface area contributed by atoms with Crippen LogP contribution in [0.3, 0.4) is 0 Å². The third kappa shape index (κ3) is 2.33. The zero-order valence-corrected chi connectivity index (χ0v) is 11.2. The lowest BCUT2D eigenvalue weighted by molar-refractivity contribution is 0.0697. The summed E-state index contributed by atoms with van der Waals surface area (Å²) >= 11 is 1.42. The molecule has 1 aromatic heterocycles. The van der Waals surface area contributed by atoms with Crippen LogP contribution < -0.4 is 4.80 Å². The van der Waals surface area contributed by atoms with E-state index in [9.17, 15) is 4.79 Å². The highest BCUT2D eigenvalue weighted by Crippen LogP contribution is 2.18. The van der Waals surface area contributed by atoms with Crippen LogP contribution in [0.25, 0.3) is 10.2 Å². The Morgan fingerprint density at radius 3 is 2.72 bits per heavy atom. The van der Waals surface area contributed by atoms with Crippen molar-refractivity contribution in [2.24, 2.45) is 17.3 Å². The number of hydrogen-bond donors (Lipinski definition) is 1. The van der Waals surface area contributed by atoms with Crippen molar-refractivity contribution in [2.75, 3.05) is 0 Å². The van der Waals surface area contributed by atoms with Crippen LogP contribution in [0.2, 0.25) is 0 Å². The first-order valence-corrected chi connectivity index (χ1v) is 6.18. The number of benzene rings is 1. The van der Waals surface area contributed by atoms with E-state index in [1.54, 1.807) is 18.2 Å². The summed E-state index contributed by atoms with van der Waals surface area (Å²) in [6, 6.07) is 5.04. The molecule has 0 spiro atoms. The number of hydrogen-bond acceptors (Lipinski definition) is 4. The molecule has 0 aliphatic carbocycles. The topological polar surface area (TPSA) is 66.9 Å². The maximum absolute atomic E-state index is 10.9. The molecule has 0 saturated heterocycles. The van der Waals surface area contributed by atoms with E-state index < -0.39 is 5.97 Å². The van der Waals surface area contributed by atoms with Gasteiger partial charge in [-0.05, 0) is 32.0 Å². The molecule has 2 rings (SSSR count). The van der Waals surface area contributed by atoms with E-state index in [1.165, 1.54) is 11.3 Å². The van der Waals surface area contributed by atoms with Crippen molar-refractivity contribution in [3.63, 3.8) is 0 Å². The summed E-state index contributed by atoms with van der Waals surface area (Å²) in [5, 5.41) is 17.1. The molecule has 1 aromatic carbocycles. The van der Waals surface area contributed by atoms with Gasteiger partial charge in [0, 0.05) is 12.8 Å². The molecule has 0 amide bonds. The van der Waals surface area contributed by atoms with E-state index in [0.29, 0.717) is 0 Å². The zero-order chi connectivity index (χ0) is 13.3. The Labute approximate surface area is 108 Å². The van der Waals surface area contributed by atoms with E-state index in [0.717, 1.165) is 20.7 Å². The maximum Gasteiger partial charge on any atom is 0.335 e. The van der Waals surface area contributed by atoms with Gasteiger partial charge in [0.2, 0.25) is 4.80 Å². The summed E-state index contributed by atoms with van der Waals surface area (Å²) in [7, 11) is 1.89. The number of carboxylic acid groups (broad SMARTS) is 1. The highest BCUT2D eigenvalue weighted by atomic mass is 32.1. The standard InChI is InChI=1S/C12H13N3O2S/c1-7(2)13-14-12-15(3)9-5-4-8(11(16)17)6-10(9)18-12/h4-6H,1-3H3,(H,16,17). The predicted octanol–water partition coefficient (Wildman–Crippen LogP) is 2.23. The predicted molar refractivity (Wildman–Crippen MR) is 72.1 cm³/mol. The summed E-state index contributed by atoms with van der Waals surface area (Å²) in [6.45, 7) is 3.75. The van der Waals surface area contributed by atoms with Gasteiger partial charge < -0.3 is 9.67 Å². The number of thiazole rings is 1. The Hall–Kier alpha value is -1.95. The van der Waals surface area contributed by atoms with Crippen molar-refractivity contribution in [1.82, 2.24) is 4.57 Å². The van der Waals surface area contributed by atoms with E-state index in [-0.39, 0.29) is 5.56 Å². The smallest absolute Gasteiger partial charge is 0.335 e. The van der Waals surface area contributed by atoms with Crippen LogP contribution in [-0.2, 0) is 7.05 Å². The number of carboxylic acids is 1. The molecule has 1 N–H and O–H groups in total. The molecule has 0 unspecified atom stereocenters. The van der Waals surface area contributed by atoms with E-state index in [2.05, 4.69) is 10.2 Å². The van der Waals surface area contributed by atoms with Gasteiger partial charge in [0.05, 0.1) is 15.8 Å². The molecule has 18 heavy (non-hydrogen) atoms. The van der Waals surface area contributed by atoms with Gasteiger partial charge in [-0.3, -0.25) is 0 Å². The Kier molecular flexibility index (Phi) is 3.29. The van der Waals surface area contributed by atoms with Crippen LogP contribution in [0, 0.1) is 0 Å². The average Bonchev–Trinajstić information content (AvgIpc) is 2.63. The minimum atomic E-state index is -0.922. The van der Waals surface area contributed by atoms with Gasteiger partial charge in [0.25, 0.3) is 0 Å². The lowest BCUT2D eigenvalue weighted by Crippen LogP contribution is -2.09. The van der Waals surface area contributed by atoms with Gasteiger partial charge in [0.15, 0.2) is 0 Å². The first-order chi connectivity index (χ1) is 8.49. The van der Waals surface area contributed by atoms with E-state index >= 15 is 0 Å². The molecule has 2 aromatic rings. The molecule has 6 heteroatoms. The Morgan fingerprint density at radius 1 is 1.39 bits per heavy atom. The van der Waals surface area contributed by atoms with Crippen molar-refractivity contribution in [3.05, 3.63) is 28.6 Å². The third-order valence-corrected chi connectivity index (χ3v) is 3.48. The molecule has 0 radical (unpaired) electrons. The number of carbonyl (C=O) groups is 1. The fourth-order valence-corrected chi connectivity index (χ4v) is 2.52. The summed E-state index contributed by atoms with van der Waals surface area (Å²) in [6.07, 6.45) is 0. The highest BCUT2D eigenvalue weighted by Gasteiger charge is 2.07. The molecule has 0 fully saturated rings.